The maximum absolute atomic E-state index is 12.5. The third kappa shape index (κ3) is 15.6. The second kappa shape index (κ2) is 31.2. The van der Waals surface area contributed by atoms with Crippen LogP contribution in [-0.2, 0) is 38.9 Å². The van der Waals surface area contributed by atoms with Crippen LogP contribution in [0.4, 0.5) is 39.8 Å². The molecule has 0 fully saturated rings. The van der Waals surface area contributed by atoms with E-state index in [0.717, 1.165) is 19.6 Å². The average Bonchev–Trinajstić information content (AvgIpc) is 1.64. The number of anilines is 6. The number of halogens is 1. The van der Waals surface area contributed by atoms with Gasteiger partial charge in [0.15, 0.2) is 40.4 Å². The predicted octanol–water partition coefficient (Wildman–Crippen LogP) is 8.55. The van der Waals surface area contributed by atoms with Crippen LogP contribution in [0.15, 0.2) is 146 Å². The van der Waals surface area contributed by atoms with Crippen LogP contribution >= 0.6 is 22.9 Å². The Labute approximate surface area is 618 Å². The minimum atomic E-state index is -0.430. The second-order valence-corrected chi connectivity index (χ2v) is 26.7. The maximum atomic E-state index is 12.5. The van der Waals surface area contributed by atoms with Crippen LogP contribution in [0.3, 0.4) is 0 Å². The summed E-state index contributed by atoms with van der Waals surface area (Å²) in [6.45, 7) is 6.41. The number of imide groups is 4. The largest absolute Gasteiger partial charge is 0.399 e. The summed E-state index contributed by atoms with van der Waals surface area (Å²) in [6.07, 6.45) is 0.119. The zero-order valence-electron chi connectivity index (χ0n) is 57.4. The SMILES string of the molecule is CN1C(=O)c2cc(CC(=O)c3ccc(Cl)s3)cc(N)c2C1=O.CN1C(=O)c2cc(CC(=O)c3ccccc3)cc(N)c2C1=O.CN1C(=O)c2cc(N)cc(N)c2C1=O.Nc1cc(CC(=O)c2ccc(CO)c(CO)c2)cc2c1C(=O)CC2=O.[C-]#[N+]c1ccc(C(=O)Cc2cc(N)c3c(c2)C(=O)N(C)C3=O)cc1. The molecule has 8 aromatic carbocycles. The number of carbonyl (C=O) groups is 14. The quantitative estimate of drug-likeness (QED) is 0.0166. The minimum Gasteiger partial charge on any atom is -0.399 e. The monoisotopic (exact) mass is 1480 g/mol. The molecule has 0 atom stereocenters. The van der Waals surface area contributed by atoms with Crippen LogP contribution in [0, 0.1) is 6.57 Å². The highest BCUT2D eigenvalue weighted by Crippen LogP contribution is 2.35. The fraction of sp³-hybridized carbons (Fsp3) is 0.141. The van der Waals surface area contributed by atoms with Gasteiger partial charge in [-0.05, 0) is 112 Å². The van der Waals surface area contributed by atoms with Crippen LogP contribution in [0.2, 0.25) is 4.34 Å². The van der Waals surface area contributed by atoms with E-state index in [0.29, 0.717) is 70.7 Å². The average molecular weight is 1480 g/mol. The number of aliphatic hydroxyl groups excluding tert-OH is 2. The van der Waals surface area contributed by atoms with Gasteiger partial charge in [-0.2, -0.15) is 0 Å². The topological polar surface area (TPSA) is 453 Å². The number of benzene rings is 8. The zero-order valence-corrected chi connectivity index (χ0v) is 59.0. The number of hydrogen-bond donors (Lipinski definition) is 8. The number of nitrogens with zero attached hydrogens (tertiary/aromatic N) is 5. The van der Waals surface area contributed by atoms with E-state index < -0.39 is 29.5 Å². The first-order valence-corrected chi connectivity index (χ1v) is 33.4. The van der Waals surface area contributed by atoms with Crippen LogP contribution < -0.4 is 34.4 Å². The number of fused-ring (bicyclic) bond motifs is 5. The lowest BCUT2D eigenvalue weighted by atomic mass is 9.96. The van der Waals surface area contributed by atoms with E-state index in [1.165, 1.54) is 51.7 Å². The fourth-order valence-electron chi connectivity index (χ4n) is 12.3. The molecule has 107 heavy (non-hydrogen) atoms. The van der Waals surface area contributed by atoms with Gasteiger partial charge in [0, 0.05) is 110 Å². The molecule has 8 amide bonds. The van der Waals surface area contributed by atoms with Gasteiger partial charge in [0.2, 0.25) is 0 Å². The molecule has 14 N–H and O–H groups in total. The molecule has 5 heterocycles. The highest BCUT2D eigenvalue weighted by Gasteiger charge is 2.39. The number of aliphatic hydroxyl groups is 2. The van der Waals surface area contributed by atoms with E-state index in [1.807, 2.05) is 6.07 Å². The van der Waals surface area contributed by atoms with Gasteiger partial charge < -0.3 is 44.6 Å². The standard InChI is InChI=1S/C19H17NO5.C18H13N3O3.C17H14N2O3.C15H11ClN2O3S.C9H9N3O2/c20-15-4-10(3-14-17(24)7-18(25)19(14)15)5-16(23)11-1-2-12(8-21)13(6-11)9-22;1-20-12-5-3-11(4-6-12)15(22)9-10-7-13-16(14(19)8-10)18(24)21(2)17(13)23;1-19-16(21)12-7-10(8-13(18)15(12)17(19)22)9-14(20)11-5-3-2-4-6-11;1-18-14(20)8-4-7(5-9(17)13(8)15(18)21)6-10(19)11-2-3-12(16)22-11;1-12-8(13)5-2-4(10)3-6(11)7(5)9(12)14/h1-4,6,21-22H,5,7-9,20H2;3-8H,9,19H2,2H3;2-8H,9,18H2,1H3;2-5H,6,17H2,1H3;2-3H,10-11H2,1H3. The van der Waals surface area contributed by atoms with Gasteiger partial charge >= 0.3 is 0 Å². The number of Topliss-reactive ketones (excluding diaryl/α,β-unsaturated/α-hetero) is 6. The molecule has 14 rings (SSSR count). The summed E-state index contributed by atoms with van der Waals surface area (Å²) in [5, 5.41) is 18.5. The Morgan fingerprint density at radius 3 is 1.17 bits per heavy atom. The van der Waals surface area contributed by atoms with Gasteiger partial charge in [-0.1, -0.05) is 78.3 Å². The van der Waals surface area contributed by atoms with Gasteiger partial charge in [-0.3, -0.25) is 86.7 Å². The molecule has 0 spiro atoms. The summed E-state index contributed by atoms with van der Waals surface area (Å²) in [5.41, 5.74) is 43.9. The highest BCUT2D eigenvalue weighted by atomic mass is 35.5. The first-order chi connectivity index (χ1) is 50.7. The van der Waals surface area contributed by atoms with Crippen molar-refractivity contribution in [3.05, 3.63) is 272 Å². The summed E-state index contributed by atoms with van der Waals surface area (Å²) < 4.78 is 0.541. The van der Waals surface area contributed by atoms with Crippen LogP contribution in [0.25, 0.3) is 4.85 Å². The van der Waals surface area contributed by atoms with Gasteiger partial charge in [-0.15, -0.1) is 11.3 Å². The van der Waals surface area contributed by atoms with E-state index in [4.69, 9.17) is 52.6 Å². The third-order valence-corrected chi connectivity index (χ3v) is 19.1. The van der Waals surface area contributed by atoms with E-state index in [-0.39, 0.29) is 182 Å². The van der Waals surface area contributed by atoms with Crippen molar-refractivity contribution in [3.8, 4) is 0 Å². The molecule has 0 radical (unpaired) electrons. The van der Waals surface area contributed by atoms with E-state index in [9.17, 15) is 77.3 Å². The normalized spacial score (nSPS) is 13.5. The number of nitrogens with two attached hydrogens (primary N) is 6. The van der Waals surface area contributed by atoms with Crippen LogP contribution in [0.5, 0.6) is 0 Å². The van der Waals surface area contributed by atoms with Crippen LogP contribution in [0.1, 0.15) is 184 Å². The van der Waals surface area contributed by atoms with Crippen molar-refractivity contribution in [1.82, 2.24) is 19.6 Å². The number of rotatable bonds is 14. The molecule has 5 aliphatic rings. The van der Waals surface area contributed by atoms with E-state index >= 15 is 0 Å². The first kappa shape index (κ1) is 76.2. The number of ketones is 6. The predicted molar refractivity (Wildman–Crippen MR) is 397 cm³/mol. The number of carbonyl (C=O) groups excluding carboxylic acids is 14. The van der Waals surface area contributed by atoms with Crippen molar-refractivity contribution in [2.75, 3.05) is 62.6 Å². The van der Waals surface area contributed by atoms with Gasteiger partial charge in [-0.25, -0.2) is 4.85 Å². The van der Waals surface area contributed by atoms with Gasteiger partial charge in [0.1, 0.15) is 0 Å². The molecule has 0 saturated carbocycles. The Morgan fingerprint density at radius 1 is 0.402 bits per heavy atom. The number of thiophene rings is 1. The van der Waals surface area contributed by atoms with Crippen molar-refractivity contribution in [2.45, 2.75) is 45.3 Å². The molecule has 0 bridgehead atoms. The Morgan fingerprint density at radius 2 is 0.766 bits per heavy atom. The smallest absolute Gasteiger partial charge is 0.263 e. The summed E-state index contributed by atoms with van der Waals surface area (Å²) in [6, 6.07) is 38.7. The lowest BCUT2D eigenvalue weighted by Gasteiger charge is -2.09. The molecular weight excluding hydrogens is 1410 g/mol. The van der Waals surface area contributed by atoms with Crippen molar-refractivity contribution in [2.24, 2.45) is 0 Å². The molecule has 29 heteroatoms. The highest BCUT2D eigenvalue weighted by molar-refractivity contribution is 7.18. The number of amides is 8. The Bertz CT molecular complexity index is 5430. The molecule has 27 nitrogen and oxygen atoms in total. The van der Waals surface area contributed by atoms with Crippen molar-refractivity contribution >= 4 is 145 Å². The number of nitrogen functional groups attached to an aromatic ring is 6. The van der Waals surface area contributed by atoms with E-state index in [1.54, 1.807) is 127 Å². The lowest BCUT2D eigenvalue weighted by Crippen LogP contribution is -2.24. The summed E-state index contributed by atoms with van der Waals surface area (Å²) in [7, 11) is 5.63. The molecular formula is C78H64ClN11O16S. The fourth-order valence-corrected chi connectivity index (χ4v) is 13.3. The molecule has 4 aliphatic heterocycles. The molecule has 0 unspecified atom stereocenters. The first-order valence-electron chi connectivity index (χ1n) is 32.2. The minimum absolute atomic E-state index is 0.0162. The second-order valence-electron chi connectivity index (χ2n) is 25.0. The molecule has 9 aromatic rings. The Hall–Kier alpha value is -13.5. The lowest BCUT2D eigenvalue weighted by molar-refractivity contribution is 0.0678. The third-order valence-electron chi connectivity index (χ3n) is 17.8. The van der Waals surface area contributed by atoms with E-state index in [2.05, 4.69) is 4.85 Å². The summed E-state index contributed by atoms with van der Waals surface area (Å²) in [5.74, 6) is -4.31. The molecule has 0 saturated heterocycles. The van der Waals surface area contributed by atoms with Gasteiger partial charge in [0.25, 0.3) is 47.3 Å². The Balaban J connectivity index is 0.000000144. The molecule has 1 aromatic heterocycles. The van der Waals surface area contributed by atoms with Crippen LogP contribution in [-0.4, -0.2) is 140 Å². The van der Waals surface area contributed by atoms with Crippen molar-refractivity contribution < 1.29 is 77.3 Å². The number of hydrogen-bond acceptors (Lipinski definition) is 23. The summed E-state index contributed by atoms with van der Waals surface area (Å²) >= 11 is 7.02. The molecule has 1 aliphatic carbocycles. The van der Waals surface area contributed by atoms with Crippen molar-refractivity contribution in [3.63, 3.8) is 0 Å². The van der Waals surface area contributed by atoms with Crippen molar-refractivity contribution in [1.29, 1.82) is 0 Å². The zero-order chi connectivity index (χ0) is 77.9. The maximum Gasteiger partial charge on any atom is 0.263 e. The molecule has 540 valence electrons. The summed E-state index contributed by atoms with van der Waals surface area (Å²) in [4.78, 5) is 176. The Kier molecular flexibility index (Phi) is 22.2. The van der Waals surface area contributed by atoms with Gasteiger partial charge in [0.05, 0.1) is 85.5 Å².